The Kier molecular flexibility index (Phi) is 5.67. The average molecular weight is 260 g/mol. The number of hydrogen-bond donors (Lipinski definition) is 1. The number of halogens is 2. The van der Waals surface area contributed by atoms with Crippen LogP contribution in [0.25, 0.3) is 0 Å². The Hall–Kier alpha value is -0.700. The Bertz CT molecular complexity index is 366. The van der Waals surface area contributed by atoms with Crippen molar-refractivity contribution in [1.82, 2.24) is 0 Å². The standard InChI is InChI=1S/C12H15Cl2NO/c1-2-11(15)10-5-3-4-6-12(10)16-8-9(14)7-13/h3-7,11H,2,8,15H2,1H3. The summed E-state index contributed by atoms with van der Waals surface area (Å²) in [5.41, 5.74) is 8.27. The number of hydrogen-bond acceptors (Lipinski definition) is 2. The Morgan fingerprint density at radius 1 is 1.50 bits per heavy atom. The van der Waals surface area contributed by atoms with E-state index in [1.807, 2.05) is 31.2 Å². The first-order valence-electron chi connectivity index (χ1n) is 5.11. The van der Waals surface area contributed by atoms with E-state index in [2.05, 4.69) is 0 Å². The lowest BCUT2D eigenvalue weighted by molar-refractivity contribution is 0.352. The van der Waals surface area contributed by atoms with Gasteiger partial charge in [0.1, 0.15) is 12.4 Å². The zero-order valence-corrected chi connectivity index (χ0v) is 10.6. The zero-order chi connectivity index (χ0) is 12.0. The Labute approximate surface area is 106 Å². The van der Waals surface area contributed by atoms with E-state index >= 15 is 0 Å². The summed E-state index contributed by atoms with van der Waals surface area (Å²) in [6, 6.07) is 7.66. The fourth-order valence-corrected chi connectivity index (χ4v) is 1.43. The molecule has 0 aliphatic rings. The summed E-state index contributed by atoms with van der Waals surface area (Å²) in [6.07, 6.45) is 0.861. The molecular formula is C12H15Cl2NO. The third-order valence-corrected chi connectivity index (χ3v) is 2.84. The van der Waals surface area contributed by atoms with Crippen LogP contribution in [0.3, 0.4) is 0 Å². The van der Waals surface area contributed by atoms with Crippen molar-refractivity contribution < 1.29 is 4.74 Å². The van der Waals surface area contributed by atoms with Crippen LogP contribution in [-0.4, -0.2) is 6.61 Å². The highest BCUT2D eigenvalue weighted by molar-refractivity contribution is 6.36. The van der Waals surface area contributed by atoms with Gasteiger partial charge in [0.2, 0.25) is 0 Å². The molecule has 0 bridgehead atoms. The van der Waals surface area contributed by atoms with Gasteiger partial charge in [0, 0.05) is 17.1 Å². The molecule has 16 heavy (non-hydrogen) atoms. The van der Waals surface area contributed by atoms with E-state index in [9.17, 15) is 0 Å². The smallest absolute Gasteiger partial charge is 0.125 e. The van der Waals surface area contributed by atoms with Crippen LogP contribution in [0.15, 0.2) is 34.8 Å². The normalized spacial score (nSPS) is 13.6. The molecule has 4 heteroatoms. The number of nitrogens with two attached hydrogens (primary N) is 1. The van der Waals surface area contributed by atoms with Crippen molar-refractivity contribution in [3.63, 3.8) is 0 Å². The molecule has 0 aliphatic heterocycles. The summed E-state index contributed by atoms with van der Waals surface area (Å²) in [4.78, 5) is 0. The predicted octanol–water partition coefficient (Wildman–Crippen LogP) is 3.79. The van der Waals surface area contributed by atoms with Crippen LogP contribution in [0.1, 0.15) is 24.9 Å². The second-order valence-electron chi connectivity index (χ2n) is 3.40. The van der Waals surface area contributed by atoms with Crippen LogP contribution < -0.4 is 10.5 Å². The summed E-state index contributed by atoms with van der Waals surface area (Å²) >= 11 is 11.2. The van der Waals surface area contributed by atoms with Crippen molar-refractivity contribution in [3.8, 4) is 5.75 Å². The first kappa shape index (κ1) is 13.4. The van der Waals surface area contributed by atoms with Gasteiger partial charge in [-0.15, -0.1) is 0 Å². The van der Waals surface area contributed by atoms with Crippen molar-refractivity contribution in [2.75, 3.05) is 6.61 Å². The van der Waals surface area contributed by atoms with Gasteiger partial charge < -0.3 is 10.5 Å². The molecule has 1 unspecified atom stereocenters. The van der Waals surface area contributed by atoms with Gasteiger partial charge in [-0.05, 0) is 12.5 Å². The van der Waals surface area contributed by atoms with E-state index < -0.39 is 0 Å². The minimum Gasteiger partial charge on any atom is -0.488 e. The third-order valence-electron chi connectivity index (χ3n) is 2.24. The van der Waals surface area contributed by atoms with E-state index in [-0.39, 0.29) is 12.6 Å². The van der Waals surface area contributed by atoms with Gasteiger partial charge >= 0.3 is 0 Å². The highest BCUT2D eigenvalue weighted by Gasteiger charge is 2.09. The van der Waals surface area contributed by atoms with E-state index in [4.69, 9.17) is 33.7 Å². The topological polar surface area (TPSA) is 35.2 Å². The lowest BCUT2D eigenvalue weighted by Gasteiger charge is -2.15. The van der Waals surface area contributed by atoms with Gasteiger partial charge in [-0.1, -0.05) is 48.3 Å². The van der Waals surface area contributed by atoms with Crippen LogP contribution in [0, 0.1) is 0 Å². The van der Waals surface area contributed by atoms with E-state index in [0.717, 1.165) is 17.7 Å². The maximum atomic E-state index is 5.98. The molecule has 0 aromatic heterocycles. The van der Waals surface area contributed by atoms with Gasteiger partial charge in [-0.2, -0.15) is 0 Å². The summed E-state index contributed by atoms with van der Waals surface area (Å²) in [5, 5.41) is 0.460. The molecule has 0 fully saturated rings. The van der Waals surface area contributed by atoms with Gasteiger partial charge in [0.05, 0.1) is 5.03 Å². The molecule has 0 saturated heterocycles. The van der Waals surface area contributed by atoms with Crippen molar-refractivity contribution >= 4 is 23.2 Å². The first-order valence-corrected chi connectivity index (χ1v) is 5.92. The third kappa shape index (κ3) is 3.71. The van der Waals surface area contributed by atoms with Crippen LogP contribution in [-0.2, 0) is 0 Å². The van der Waals surface area contributed by atoms with E-state index in [1.165, 1.54) is 5.54 Å². The second-order valence-corrected chi connectivity index (χ2v) is 4.10. The monoisotopic (exact) mass is 259 g/mol. The van der Waals surface area contributed by atoms with Crippen LogP contribution in [0.4, 0.5) is 0 Å². The maximum Gasteiger partial charge on any atom is 0.125 e. The van der Waals surface area contributed by atoms with Crippen molar-refractivity contribution in [1.29, 1.82) is 0 Å². The summed E-state index contributed by atoms with van der Waals surface area (Å²) in [5.74, 6) is 0.758. The second kappa shape index (κ2) is 6.79. The zero-order valence-electron chi connectivity index (χ0n) is 9.12. The Morgan fingerprint density at radius 2 is 2.19 bits per heavy atom. The highest BCUT2D eigenvalue weighted by Crippen LogP contribution is 2.25. The van der Waals surface area contributed by atoms with Crippen molar-refractivity contribution in [2.45, 2.75) is 19.4 Å². The fourth-order valence-electron chi connectivity index (χ4n) is 1.32. The summed E-state index contributed by atoms with van der Waals surface area (Å²) in [6.45, 7) is 2.30. The number of para-hydroxylation sites is 1. The SMILES string of the molecule is CCC(N)c1ccccc1OCC(Cl)=CCl. The molecule has 1 aromatic carbocycles. The lowest BCUT2D eigenvalue weighted by Crippen LogP contribution is -2.11. The molecule has 1 rings (SSSR count). The van der Waals surface area contributed by atoms with Gasteiger partial charge in [0.15, 0.2) is 0 Å². The summed E-state index contributed by atoms with van der Waals surface area (Å²) in [7, 11) is 0. The predicted molar refractivity (Wildman–Crippen MR) is 68.9 cm³/mol. The highest BCUT2D eigenvalue weighted by atomic mass is 35.5. The molecule has 0 spiro atoms. The number of ether oxygens (including phenoxy) is 1. The molecule has 2 N–H and O–H groups in total. The fraction of sp³-hybridized carbons (Fsp3) is 0.333. The molecule has 0 aliphatic carbocycles. The Morgan fingerprint density at radius 3 is 2.81 bits per heavy atom. The van der Waals surface area contributed by atoms with Crippen LogP contribution in [0.5, 0.6) is 5.75 Å². The molecular weight excluding hydrogens is 245 g/mol. The molecule has 0 radical (unpaired) electrons. The quantitative estimate of drug-likeness (QED) is 0.874. The largest absolute Gasteiger partial charge is 0.488 e. The summed E-state index contributed by atoms with van der Waals surface area (Å²) < 4.78 is 5.55. The minimum absolute atomic E-state index is 0.0186. The van der Waals surface area contributed by atoms with Gasteiger partial charge in [-0.3, -0.25) is 0 Å². The number of rotatable bonds is 5. The van der Waals surface area contributed by atoms with Crippen molar-refractivity contribution in [2.24, 2.45) is 5.73 Å². The van der Waals surface area contributed by atoms with E-state index in [1.54, 1.807) is 0 Å². The van der Waals surface area contributed by atoms with Gasteiger partial charge in [0.25, 0.3) is 0 Å². The minimum atomic E-state index is -0.0186. The maximum absolute atomic E-state index is 5.98. The van der Waals surface area contributed by atoms with Crippen LogP contribution in [0.2, 0.25) is 0 Å². The number of benzene rings is 1. The molecule has 2 nitrogen and oxygen atoms in total. The van der Waals surface area contributed by atoms with Crippen LogP contribution >= 0.6 is 23.2 Å². The first-order chi connectivity index (χ1) is 7.69. The van der Waals surface area contributed by atoms with Gasteiger partial charge in [-0.25, -0.2) is 0 Å². The molecule has 0 amide bonds. The molecule has 1 atom stereocenters. The molecule has 0 heterocycles. The molecule has 88 valence electrons. The Balaban J connectivity index is 2.79. The average Bonchev–Trinajstić information content (AvgIpc) is 2.35. The molecule has 1 aromatic rings. The lowest BCUT2D eigenvalue weighted by atomic mass is 10.0. The van der Waals surface area contributed by atoms with Crippen molar-refractivity contribution in [3.05, 3.63) is 40.4 Å². The molecule has 0 saturated carbocycles. The van der Waals surface area contributed by atoms with E-state index in [0.29, 0.717) is 5.03 Å².